The number of nitrogens with one attached hydrogen (secondary N) is 1. The fourth-order valence-electron chi connectivity index (χ4n) is 2.35. The lowest BCUT2D eigenvalue weighted by Crippen LogP contribution is -2.26. The monoisotopic (exact) mass is 345 g/mol. The van der Waals surface area contributed by atoms with E-state index in [0.717, 1.165) is 17.8 Å². The Balaban J connectivity index is 2.56. The highest BCUT2D eigenvalue weighted by Crippen LogP contribution is 2.32. The standard InChI is InChI=1S/C15H18Cl3N3/c1-4-19-14(10-5-11(16)7-12(17)6-10)15-13(18)8-20-21(15)9(2)3/h5-9,14,19H,4H2,1-3H3. The Hall–Kier alpha value is -0.740. The summed E-state index contributed by atoms with van der Waals surface area (Å²) in [6.07, 6.45) is 1.67. The van der Waals surface area contributed by atoms with Crippen molar-refractivity contribution in [2.75, 3.05) is 6.54 Å². The molecule has 21 heavy (non-hydrogen) atoms. The lowest BCUT2D eigenvalue weighted by molar-refractivity contribution is 0.476. The van der Waals surface area contributed by atoms with E-state index >= 15 is 0 Å². The van der Waals surface area contributed by atoms with E-state index in [1.807, 2.05) is 23.7 Å². The fraction of sp³-hybridized carbons (Fsp3) is 0.400. The first-order chi connectivity index (χ1) is 9.93. The molecule has 2 aromatic rings. The largest absolute Gasteiger partial charge is 0.305 e. The minimum absolute atomic E-state index is 0.108. The SMILES string of the molecule is CCNC(c1cc(Cl)cc(Cl)c1)c1c(Cl)cnn1C(C)C. The smallest absolute Gasteiger partial charge is 0.0837 e. The molecule has 1 N–H and O–H groups in total. The summed E-state index contributed by atoms with van der Waals surface area (Å²) in [7, 11) is 0. The number of hydrogen-bond donors (Lipinski definition) is 1. The average Bonchev–Trinajstić information content (AvgIpc) is 2.76. The molecule has 1 aromatic carbocycles. The molecule has 1 unspecified atom stereocenters. The molecule has 0 saturated carbocycles. The Morgan fingerprint density at radius 1 is 1.14 bits per heavy atom. The topological polar surface area (TPSA) is 29.9 Å². The Labute approximate surface area is 140 Å². The van der Waals surface area contributed by atoms with Crippen LogP contribution in [0, 0.1) is 0 Å². The van der Waals surface area contributed by atoms with Gasteiger partial charge in [-0.3, -0.25) is 4.68 Å². The van der Waals surface area contributed by atoms with E-state index in [-0.39, 0.29) is 12.1 Å². The molecule has 114 valence electrons. The minimum Gasteiger partial charge on any atom is -0.305 e. The molecule has 1 aromatic heterocycles. The number of benzene rings is 1. The first kappa shape index (κ1) is 16.6. The van der Waals surface area contributed by atoms with Crippen molar-refractivity contribution in [3.63, 3.8) is 0 Å². The van der Waals surface area contributed by atoms with E-state index in [1.54, 1.807) is 12.3 Å². The van der Waals surface area contributed by atoms with Crippen LogP contribution < -0.4 is 5.32 Å². The van der Waals surface area contributed by atoms with Crippen LogP contribution in [0.3, 0.4) is 0 Å². The molecule has 1 atom stereocenters. The van der Waals surface area contributed by atoms with Gasteiger partial charge in [-0.05, 0) is 44.2 Å². The van der Waals surface area contributed by atoms with Crippen LogP contribution in [0.2, 0.25) is 15.1 Å². The van der Waals surface area contributed by atoms with Crippen LogP contribution in [0.25, 0.3) is 0 Å². The molecule has 0 saturated heterocycles. The summed E-state index contributed by atoms with van der Waals surface area (Å²) >= 11 is 18.6. The molecule has 0 bridgehead atoms. The lowest BCUT2D eigenvalue weighted by atomic mass is 10.0. The van der Waals surface area contributed by atoms with Crippen LogP contribution in [0.15, 0.2) is 24.4 Å². The summed E-state index contributed by atoms with van der Waals surface area (Å²) in [6, 6.07) is 5.62. The maximum absolute atomic E-state index is 6.36. The summed E-state index contributed by atoms with van der Waals surface area (Å²) in [6.45, 7) is 6.97. The molecule has 0 aliphatic rings. The Morgan fingerprint density at radius 3 is 2.29 bits per heavy atom. The normalized spacial score (nSPS) is 12.9. The molecule has 6 heteroatoms. The van der Waals surface area contributed by atoms with Crippen LogP contribution in [-0.2, 0) is 0 Å². The van der Waals surface area contributed by atoms with Gasteiger partial charge in [-0.1, -0.05) is 41.7 Å². The van der Waals surface area contributed by atoms with Crippen LogP contribution >= 0.6 is 34.8 Å². The molecule has 0 fully saturated rings. The van der Waals surface area contributed by atoms with Gasteiger partial charge in [0.15, 0.2) is 0 Å². The van der Waals surface area contributed by atoms with Crippen molar-refractivity contribution in [3.05, 3.63) is 50.7 Å². The maximum atomic E-state index is 6.36. The van der Waals surface area contributed by atoms with Gasteiger partial charge in [0.2, 0.25) is 0 Å². The molecule has 0 spiro atoms. The van der Waals surface area contributed by atoms with Gasteiger partial charge in [0.25, 0.3) is 0 Å². The van der Waals surface area contributed by atoms with Gasteiger partial charge in [-0.2, -0.15) is 5.10 Å². The number of hydrogen-bond acceptors (Lipinski definition) is 2. The van der Waals surface area contributed by atoms with Crippen LogP contribution in [0.4, 0.5) is 0 Å². The van der Waals surface area contributed by atoms with Crippen molar-refractivity contribution in [1.29, 1.82) is 0 Å². The number of nitrogens with zero attached hydrogens (tertiary/aromatic N) is 2. The van der Waals surface area contributed by atoms with E-state index in [1.165, 1.54) is 0 Å². The molecule has 2 rings (SSSR count). The third-order valence-electron chi connectivity index (χ3n) is 3.18. The third kappa shape index (κ3) is 3.72. The van der Waals surface area contributed by atoms with Crippen molar-refractivity contribution >= 4 is 34.8 Å². The van der Waals surface area contributed by atoms with Gasteiger partial charge in [-0.15, -0.1) is 0 Å². The Bertz CT molecular complexity index is 602. The first-order valence-corrected chi connectivity index (χ1v) is 7.99. The summed E-state index contributed by atoms with van der Waals surface area (Å²) in [5.74, 6) is 0. The molecule has 0 amide bonds. The number of rotatable bonds is 5. The zero-order chi connectivity index (χ0) is 15.6. The van der Waals surface area contributed by atoms with E-state index in [0.29, 0.717) is 15.1 Å². The van der Waals surface area contributed by atoms with Crippen molar-refractivity contribution in [3.8, 4) is 0 Å². The Kier molecular flexibility index (Phi) is 5.55. The van der Waals surface area contributed by atoms with Gasteiger partial charge >= 0.3 is 0 Å². The quantitative estimate of drug-likeness (QED) is 0.814. The lowest BCUT2D eigenvalue weighted by Gasteiger charge is -2.22. The number of halogens is 3. The van der Waals surface area contributed by atoms with E-state index in [4.69, 9.17) is 34.8 Å². The van der Waals surface area contributed by atoms with Crippen molar-refractivity contribution in [2.45, 2.75) is 32.9 Å². The second kappa shape index (κ2) is 7.01. The maximum Gasteiger partial charge on any atom is 0.0837 e. The number of aromatic nitrogens is 2. The van der Waals surface area contributed by atoms with Gasteiger partial charge in [0.05, 0.1) is 23.0 Å². The summed E-state index contributed by atoms with van der Waals surface area (Å²) in [5, 5.41) is 9.63. The molecule has 3 nitrogen and oxygen atoms in total. The van der Waals surface area contributed by atoms with Crippen molar-refractivity contribution < 1.29 is 0 Å². The third-order valence-corrected chi connectivity index (χ3v) is 3.90. The zero-order valence-corrected chi connectivity index (χ0v) is 14.5. The van der Waals surface area contributed by atoms with Gasteiger partial charge in [0.1, 0.15) is 0 Å². The van der Waals surface area contributed by atoms with E-state index < -0.39 is 0 Å². The average molecular weight is 347 g/mol. The van der Waals surface area contributed by atoms with Gasteiger partial charge in [-0.25, -0.2) is 0 Å². The highest BCUT2D eigenvalue weighted by atomic mass is 35.5. The van der Waals surface area contributed by atoms with Gasteiger partial charge in [0, 0.05) is 16.1 Å². The summed E-state index contributed by atoms with van der Waals surface area (Å²) in [5.41, 5.74) is 1.89. The van der Waals surface area contributed by atoms with Crippen molar-refractivity contribution in [1.82, 2.24) is 15.1 Å². The molecule has 1 heterocycles. The summed E-state index contributed by atoms with van der Waals surface area (Å²) < 4.78 is 1.92. The predicted molar refractivity (Wildman–Crippen MR) is 89.6 cm³/mol. The van der Waals surface area contributed by atoms with E-state index in [9.17, 15) is 0 Å². The zero-order valence-electron chi connectivity index (χ0n) is 12.2. The highest BCUT2D eigenvalue weighted by Gasteiger charge is 2.23. The van der Waals surface area contributed by atoms with Crippen LogP contribution in [0.5, 0.6) is 0 Å². The minimum atomic E-state index is -0.108. The predicted octanol–water partition coefficient (Wildman–Crippen LogP) is 5.12. The fourth-order valence-corrected chi connectivity index (χ4v) is 3.13. The highest BCUT2D eigenvalue weighted by molar-refractivity contribution is 6.34. The molecule has 0 aliphatic heterocycles. The first-order valence-electron chi connectivity index (χ1n) is 6.86. The van der Waals surface area contributed by atoms with Crippen LogP contribution in [-0.4, -0.2) is 16.3 Å². The van der Waals surface area contributed by atoms with Gasteiger partial charge < -0.3 is 5.32 Å². The second-order valence-corrected chi connectivity index (χ2v) is 6.39. The summed E-state index contributed by atoms with van der Waals surface area (Å²) in [4.78, 5) is 0. The molecule has 0 radical (unpaired) electrons. The Morgan fingerprint density at radius 2 is 1.76 bits per heavy atom. The molecular formula is C15H18Cl3N3. The van der Waals surface area contributed by atoms with E-state index in [2.05, 4.69) is 24.3 Å². The van der Waals surface area contributed by atoms with Crippen LogP contribution in [0.1, 0.15) is 44.1 Å². The molecular weight excluding hydrogens is 329 g/mol. The van der Waals surface area contributed by atoms with Crippen molar-refractivity contribution in [2.24, 2.45) is 0 Å². The molecule has 0 aliphatic carbocycles. The second-order valence-electron chi connectivity index (χ2n) is 5.11.